The summed E-state index contributed by atoms with van der Waals surface area (Å²) in [5, 5.41) is 8.61. The zero-order valence-electron chi connectivity index (χ0n) is 10.6. The Morgan fingerprint density at radius 1 is 1.22 bits per heavy atom. The minimum absolute atomic E-state index is 0.121. The second-order valence-electron chi connectivity index (χ2n) is 5.48. The lowest BCUT2D eigenvalue weighted by atomic mass is 9.78. The molecule has 1 saturated heterocycles. The van der Waals surface area contributed by atoms with Crippen LogP contribution in [0.15, 0.2) is 24.3 Å². The van der Waals surface area contributed by atoms with Crippen molar-refractivity contribution in [1.29, 1.82) is 5.26 Å². The van der Waals surface area contributed by atoms with Crippen molar-refractivity contribution in [3.63, 3.8) is 0 Å². The zero-order valence-corrected chi connectivity index (χ0v) is 10.6. The number of nitriles is 1. The van der Waals surface area contributed by atoms with Gasteiger partial charge >= 0.3 is 0 Å². The second kappa shape index (κ2) is 4.53. The van der Waals surface area contributed by atoms with E-state index in [2.05, 4.69) is 11.0 Å². The first-order valence-corrected chi connectivity index (χ1v) is 6.67. The lowest BCUT2D eigenvalue weighted by Crippen LogP contribution is -2.55. The Labute approximate surface area is 108 Å². The summed E-state index contributed by atoms with van der Waals surface area (Å²) in [5.41, 5.74) is 1.73. The van der Waals surface area contributed by atoms with Crippen LogP contribution in [-0.2, 0) is 0 Å². The highest BCUT2D eigenvalue weighted by Gasteiger charge is 2.45. The van der Waals surface area contributed by atoms with Crippen LogP contribution < -0.4 is 9.64 Å². The third kappa shape index (κ3) is 1.92. The molecule has 3 rings (SSSR count). The third-order valence-corrected chi connectivity index (χ3v) is 4.21. The summed E-state index contributed by atoms with van der Waals surface area (Å²) in [6.45, 7) is 2.43. The van der Waals surface area contributed by atoms with Gasteiger partial charge in [-0.3, -0.25) is 0 Å². The summed E-state index contributed by atoms with van der Waals surface area (Å²) in [6.07, 6.45) is 5.54. The Kier molecular flexibility index (Phi) is 2.87. The fraction of sp³-hybridized carbons (Fsp3) is 0.533. The van der Waals surface area contributed by atoms with Crippen molar-refractivity contribution < 1.29 is 4.74 Å². The van der Waals surface area contributed by atoms with Gasteiger partial charge in [-0.25, -0.2) is 0 Å². The topological polar surface area (TPSA) is 36.3 Å². The number of hydrogen-bond donors (Lipinski definition) is 0. The molecule has 1 aromatic rings. The highest BCUT2D eigenvalue weighted by molar-refractivity contribution is 5.60. The van der Waals surface area contributed by atoms with Gasteiger partial charge < -0.3 is 9.64 Å². The first kappa shape index (κ1) is 11.4. The fourth-order valence-electron chi connectivity index (χ4n) is 3.33. The van der Waals surface area contributed by atoms with Gasteiger partial charge in [0, 0.05) is 18.5 Å². The van der Waals surface area contributed by atoms with Gasteiger partial charge in [0.2, 0.25) is 0 Å². The van der Waals surface area contributed by atoms with Crippen LogP contribution in [0.4, 0.5) is 5.69 Å². The van der Waals surface area contributed by atoms with E-state index in [9.17, 15) is 0 Å². The number of rotatable bonds is 3. The standard InChI is InChI=1S/C15H18N2O/c16-9-10-18-14-6-2-1-5-13(14)17-11-15(12-17)7-3-4-8-15/h1-2,5-6H,3-4,7-8,10-12H2. The lowest BCUT2D eigenvalue weighted by molar-refractivity contribution is 0.220. The van der Waals surface area contributed by atoms with Gasteiger partial charge in [-0.05, 0) is 25.0 Å². The number of hydrogen-bond acceptors (Lipinski definition) is 3. The minimum Gasteiger partial charge on any atom is -0.477 e. The van der Waals surface area contributed by atoms with Crippen molar-refractivity contribution in [3.8, 4) is 11.8 Å². The number of nitrogens with zero attached hydrogens (tertiary/aromatic N) is 2. The number of benzene rings is 1. The SMILES string of the molecule is N#CCOc1ccccc1N1CC2(CCCC2)C1. The molecule has 0 unspecified atom stereocenters. The summed E-state index contributed by atoms with van der Waals surface area (Å²) in [4.78, 5) is 2.39. The molecule has 0 amide bonds. The predicted octanol–water partition coefficient (Wildman–Crippen LogP) is 2.97. The van der Waals surface area contributed by atoms with Crippen LogP contribution in [0.1, 0.15) is 25.7 Å². The van der Waals surface area contributed by atoms with E-state index in [0.29, 0.717) is 5.41 Å². The van der Waals surface area contributed by atoms with E-state index in [1.165, 1.54) is 25.7 Å². The molecule has 2 aliphatic rings. The Morgan fingerprint density at radius 2 is 1.94 bits per heavy atom. The van der Waals surface area contributed by atoms with E-state index in [1.807, 2.05) is 24.3 Å². The predicted molar refractivity (Wildman–Crippen MR) is 70.7 cm³/mol. The quantitative estimate of drug-likeness (QED) is 0.817. The molecule has 1 saturated carbocycles. The second-order valence-corrected chi connectivity index (χ2v) is 5.48. The Bertz CT molecular complexity index is 464. The molecule has 1 aliphatic heterocycles. The van der Waals surface area contributed by atoms with Gasteiger partial charge in [0.1, 0.15) is 11.8 Å². The summed E-state index contributed by atoms with van der Waals surface area (Å²) in [7, 11) is 0. The maximum atomic E-state index is 8.61. The van der Waals surface area contributed by atoms with Gasteiger partial charge in [0.05, 0.1) is 5.69 Å². The highest BCUT2D eigenvalue weighted by Crippen LogP contribution is 2.48. The summed E-state index contributed by atoms with van der Waals surface area (Å²) in [6, 6.07) is 10.1. The van der Waals surface area contributed by atoms with Crippen LogP contribution in [0, 0.1) is 16.7 Å². The maximum absolute atomic E-state index is 8.61. The van der Waals surface area contributed by atoms with E-state index in [0.717, 1.165) is 24.5 Å². The highest BCUT2D eigenvalue weighted by atomic mass is 16.5. The van der Waals surface area contributed by atoms with Crippen molar-refractivity contribution in [2.24, 2.45) is 5.41 Å². The monoisotopic (exact) mass is 242 g/mol. The fourth-order valence-corrected chi connectivity index (χ4v) is 3.33. The normalized spacial score (nSPS) is 20.5. The zero-order chi connectivity index (χ0) is 12.4. The molecule has 0 atom stereocenters. The number of anilines is 1. The molecule has 0 N–H and O–H groups in total. The van der Waals surface area contributed by atoms with Crippen molar-refractivity contribution in [2.75, 3.05) is 24.6 Å². The lowest BCUT2D eigenvalue weighted by Gasteiger charge is -2.50. The molecule has 94 valence electrons. The average molecular weight is 242 g/mol. The Hall–Kier alpha value is -1.69. The van der Waals surface area contributed by atoms with E-state index in [4.69, 9.17) is 10.00 Å². The average Bonchev–Trinajstić information content (AvgIpc) is 2.84. The van der Waals surface area contributed by atoms with Crippen molar-refractivity contribution in [3.05, 3.63) is 24.3 Å². The number of para-hydroxylation sites is 2. The molecule has 1 aromatic carbocycles. The van der Waals surface area contributed by atoms with Gasteiger partial charge in [-0.15, -0.1) is 0 Å². The van der Waals surface area contributed by atoms with E-state index < -0.39 is 0 Å². The summed E-state index contributed by atoms with van der Waals surface area (Å²) >= 11 is 0. The molecule has 18 heavy (non-hydrogen) atoms. The van der Waals surface area contributed by atoms with Crippen LogP contribution in [0.3, 0.4) is 0 Å². The van der Waals surface area contributed by atoms with E-state index in [1.54, 1.807) is 0 Å². The first-order valence-electron chi connectivity index (χ1n) is 6.67. The third-order valence-electron chi connectivity index (χ3n) is 4.21. The smallest absolute Gasteiger partial charge is 0.174 e. The molecule has 1 aliphatic carbocycles. The van der Waals surface area contributed by atoms with Gasteiger partial charge in [0.15, 0.2) is 6.61 Å². The van der Waals surface area contributed by atoms with Gasteiger partial charge in [0.25, 0.3) is 0 Å². The molecule has 0 aromatic heterocycles. The molecule has 1 spiro atoms. The van der Waals surface area contributed by atoms with Crippen LogP contribution in [0.2, 0.25) is 0 Å². The molecule has 0 bridgehead atoms. The molecule has 0 radical (unpaired) electrons. The largest absolute Gasteiger partial charge is 0.477 e. The van der Waals surface area contributed by atoms with Gasteiger partial charge in [-0.2, -0.15) is 5.26 Å². The van der Waals surface area contributed by atoms with E-state index >= 15 is 0 Å². The Morgan fingerprint density at radius 3 is 2.67 bits per heavy atom. The van der Waals surface area contributed by atoms with Crippen LogP contribution >= 0.6 is 0 Å². The minimum atomic E-state index is 0.121. The molecule has 1 heterocycles. The van der Waals surface area contributed by atoms with Crippen LogP contribution in [0.25, 0.3) is 0 Å². The molecule has 2 fully saturated rings. The van der Waals surface area contributed by atoms with Crippen molar-refractivity contribution in [1.82, 2.24) is 0 Å². The number of ether oxygens (including phenoxy) is 1. The van der Waals surface area contributed by atoms with Gasteiger partial charge in [-0.1, -0.05) is 25.0 Å². The van der Waals surface area contributed by atoms with Crippen LogP contribution in [-0.4, -0.2) is 19.7 Å². The Balaban J connectivity index is 1.72. The van der Waals surface area contributed by atoms with E-state index in [-0.39, 0.29) is 6.61 Å². The molecular formula is C15H18N2O. The summed E-state index contributed by atoms with van der Waals surface area (Å²) in [5.74, 6) is 0.840. The van der Waals surface area contributed by atoms with Crippen molar-refractivity contribution in [2.45, 2.75) is 25.7 Å². The van der Waals surface area contributed by atoms with Crippen LogP contribution in [0.5, 0.6) is 5.75 Å². The maximum Gasteiger partial charge on any atom is 0.174 e. The first-order chi connectivity index (χ1) is 8.83. The molecule has 3 heteroatoms. The summed E-state index contributed by atoms with van der Waals surface area (Å²) < 4.78 is 5.49. The molecular weight excluding hydrogens is 224 g/mol. The van der Waals surface area contributed by atoms with Crippen molar-refractivity contribution >= 4 is 5.69 Å². The molecule has 3 nitrogen and oxygen atoms in total.